The van der Waals surface area contributed by atoms with Crippen molar-refractivity contribution in [3.8, 4) is 22.9 Å². The SMILES string of the molecule is Cc1cnc([C@@H]2C[C@H]2C(=O)Nc2cc(-c3ccc(O[C@H]4CCN(C(=O)CO)C[C@H]4F)c(C#N)c3)ccn2)o1. The maximum absolute atomic E-state index is 14.7. The topological polar surface area (TPSA) is 142 Å². The van der Waals surface area contributed by atoms with Crippen LogP contribution < -0.4 is 10.1 Å². The number of benzene rings is 1. The first-order chi connectivity index (χ1) is 18.4. The lowest BCUT2D eigenvalue weighted by Crippen LogP contribution is -2.50. The van der Waals surface area contributed by atoms with Gasteiger partial charge in [-0.3, -0.25) is 9.59 Å². The number of halogens is 1. The van der Waals surface area contributed by atoms with Crippen LogP contribution in [0, 0.1) is 24.2 Å². The number of piperidine rings is 1. The predicted molar refractivity (Wildman–Crippen MR) is 133 cm³/mol. The highest BCUT2D eigenvalue weighted by molar-refractivity contribution is 5.94. The van der Waals surface area contributed by atoms with E-state index in [1.54, 1.807) is 42.7 Å². The van der Waals surface area contributed by atoms with Crippen LogP contribution >= 0.6 is 0 Å². The van der Waals surface area contributed by atoms with Crippen LogP contribution in [0.4, 0.5) is 10.2 Å². The van der Waals surface area contributed by atoms with Crippen LogP contribution in [-0.4, -0.2) is 63.8 Å². The minimum atomic E-state index is -1.45. The second-order valence-electron chi connectivity index (χ2n) is 9.46. The Morgan fingerprint density at radius 2 is 2.11 bits per heavy atom. The molecule has 1 aromatic carbocycles. The number of nitrogens with one attached hydrogen (secondary N) is 1. The number of aryl methyl sites for hydroxylation is 1. The number of oxazole rings is 1. The lowest BCUT2D eigenvalue weighted by molar-refractivity contribution is -0.138. The van der Waals surface area contributed by atoms with Crippen LogP contribution in [0.5, 0.6) is 5.75 Å². The van der Waals surface area contributed by atoms with Crippen LogP contribution in [0.1, 0.15) is 36.0 Å². The number of aromatic nitrogens is 2. The number of amides is 2. The Balaban J connectivity index is 1.25. The van der Waals surface area contributed by atoms with E-state index in [1.165, 1.54) is 4.90 Å². The number of aliphatic hydroxyl groups is 1. The van der Waals surface area contributed by atoms with Gasteiger partial charge in [0.05, 0.1) is 24.2 Å². The van der Waals surface area contributed by atoms with Crippen molar-refractivity contribution in [1.82, 2.24) is 14.9 Å². The third kappa shape index (κ3) is 5.35. The second-order valence-corrected chi connectivity index (χ2v) is 9.46. The van der Waals surface area contributed by atoms with Crippen molar-refractivity contribution < 1.29 is 28.2 Å². The summed E-state index contributed by atoms with van der Waals surface area (Å²) in [6, 6.07) is 10.6. The summed E-state index contributed by atoms with van der Waals surface area (Å²) in [5.41, 5.74) is 1.66. The van der Waals surface area contributed by atoms with Gasteiger partial charge in [-0.25, -0.2) is 14.4 Å². The average molecular weight is 520 g/mol. The van der Waals surface area contributed by atoms with Crippen LogP contribution in [0.25, 0.3) is 11.1 Å². The van der Waals surface area contributed by atoms with Gasteiger partial charge in [-0.15, -0.1) is 0 Å². The molecule has 2 N–H and O–H groups in total. The first-order valence-corrected chi connectivity index (χ1v) is 12.3. The number of hydrogen-bond acceptors (Lipinski definition) is 8. The first-order valence-electron chi connectivity index (χ1n) is 12.3. The Labute approximate surface area is 218 Å². The number of nitrogens with zero attached hydrogens (tertiary/aromatic N) is 4. The Kier molecular flexibility index (Phi) is 7.07. The van der Waals surface area contributed by atoms with Crippen molar-refractivity contribution in [2.45, 2.75) is 38.0 Å². The van der Waals surface area contributed by atoms with Gasteiger partial charge in [-0.1, -0.05) is 6.07 Å². The number of carbonyl (C=O) groups excluding carboxylic acids is 2. The molecule has 5 rings (SSSR count). The predicted octanol–water partition coefficient (Wildman–Crippen LogP) is 2.97. The third-order valence-electron chi connectivity index (χ3n) is 6.78. The van der Waals surface area contributed by atoms with E-state index < -0.39 is 24.8 Å². The highest BCUT2D eigenvalue weighted by Gasteiger charge is 2.47. The lowest BCUT2D eigenvalue weighted by atomic mass is 10.0. The van der Waals surface area contributed by atoms with Crippen LogP contribution in [0.2, 0.25) is 0 Å². The monoisotopic (exact) mass is 519 g/mol. The summed E-state index contributed by atoms with van der Waals surface area (Å²) in [5, 5.41) is 21.5. The van der Waals surface area contributed by atoms with E-state index in [9.17, 15) is 19.2 Å². The van der Waals surface area contributed by atoms with Gasteiger partial charge in [0, 0.05) is 25.1 Å². The number of likely N-dealkylation sites (tertiary alicyclic amines) is 1. The highest BCUT2D eigenvalue weighted by atomic mass is 19.1. The summed E-state index contributed by atoms with van der Waals surface area (Å²) in [5.74, 6) is 0.945. The normalized spacial score (nSPS) is 22.4. The molecule has 3 aromatic rings. The minimum Gasteiger partial charge on any atom is -0.486 e. The van der Waals surface area contributed by atoms with E-state index >= 15 is 0 Å². The molecule has 38 heavy (non-hydrogen) atoms. The molecule has 0 spiro atoms. The third-order valence-corrected chi connectivity index (χ3v) is 6.78. The van der Waals surface area contributed by atoms with Gasteiger partial charge >= 0.3 is 0 Å². The van der Waals surface area contributed by atoms with Gasteiger partial charge in [-0.2, -0.15) is 5.26 Å². The number of anilines is 1. The molecule has 1 saturated heterocycles. The molecule has 196 valence electrons. The standard InChI is InChI=1S/C27H26FN5O5/c1-15-12-31-27(37-15)20-10-19(20)26(36)32-24-9-17(4-6-30-24)16-2-3-22(18(8-16)11-29)38-23-5-7-33(13-21(23)28)25(35)14-34/h2-4,6,8-9,12,19-21,23,34H,5,7,10,13-14H2,1H3,(H,30,32,36)/t19-,20-,21-,23+/m1/s1. The fourth-order valence-electron chi connectivity index (χ4n) is 4.60. The van der Waals surface area contributed by atoms with Gasteiger partial charge in [0.1, 0.15) is 36.1 Å². The smallest absolute Gasteiger partial charge is 0.248 e. The van der Waals surface area contributed by atoms with Crippen molar-refractivity contribution in [1.29, 1.82) is 5.26 Å². The van der Waals surface area contributed by atoms with E-state index in [0.29, 0.717) is 29.5 Å². The van der Waals surface area contributed by atoms with Crippen LogP contribution in [-0.2, 0) is 9.59 Å². The maximum atomic E-state index is 14.7. The fourth-order valence-corrected chi connectivity index (χ4v) is 4.60. The van der Waals surface area contributed by atoms with E-state index in [1.807, 2.05) is 6.92 Å². The molecule has 0 radical (unpaired) electrons. The molecule has 10 nitrogen and oxygen atoms in total. The van der Waals surface area contributed by atoms with Gasteiger partial charge in [-0.05, 0) is 48.7 Å². The molecule has 0 bridgehead atoms. The van der Waals surface area contributed by atoms with E-state index in [4.69, 9.17) is 14.3 Å². The molecule has 3 heterocycles. The number of ether oxygens (including phenoxy) is 1. The zero-order valence-electron chi connectivity index (χ0n) is 20.6. The van der Waals surface area contributed by atoms with Crippen LogP contribution in [0.15, 0.2) is 47.1 Å². The summed E-state index contributed by atoms with van der Waals surface area (Å²) < 4.78 is 26.0. The van der Waals surface area contributed by atoms with Crippen molar-refractivity contribution in [3.63, 3.8) is 0 Å². The Morgan fingerprint density at radius 1 is 1.29 bits per heavy atom. The highest BCUT2D eigenvalue weighted by Crippen LogP contribution is 2.47. The quantitative estimate of drug-likeness (QED) is 0.485. The maximum Gasteiger partial charge on any atom is 0.248 e. The summed E-state index contributed by atoms with van der Waals surface area (Å²) >= 11 is 0. The molecule has 11 heteroatoms. The Hall–Kier alpha value is -4.30. The molecule has 2 aromatic heterocycles. The van der Waals surface area contributed by atoms with E-state index in [0.717, 1.165) is 5.56 Å². The Bertz CT molecular complexity index is 1400. The largest absolute Gasteiger partial charge is 0.486 e. The molecule has 2 aliphatic rings. The molecule has 2 amide bonds. The van der Waals surface area contributed by atoms with Gasteiger partial charge < -0.3 is 24.5 Å². The number of pyridine rings is 1. The van der Waals surface area contributed by atoms with E-state index in [2.05, 4.69) is 21.4 Å². The van der Waals surface area contributed by atoms with E-state index in [-0.39, 0.29) is 48.6 Å². The number of carbonyl (C=O) groups is 2. The molecule has 2 fully saturated rings. The minimum absolute atomic E-state index is 0.0380. The fraction of sp³-hybridized carbons (Fsp3) is 0.370. The summed E-state index contributed by atoms with van der Waals surface area (Å²) in [7, 11) is 0. The molecule has 1 aliphatic heterocycles. The van der Waals surface area contributed by atoms with Gasteiger partial charge in [0.15, 0.2) is 12.1 Å². The van der Waals surface area contributed by atoms with Crippen LogP contribution in [0.3, 0.4) is 0 Å². The molecular formula is C27H26FN5O5. The zero-order valence-corrected chi connectivity index (χ0v) is 20.6. The molecule has 1 aliphatic carbocycles. The Morgan fingerprint density at radius 3 is 2.82 bits per heavy atom. The average Bonchev–Trinajstić information content (AvgIpc) is 3.62. The lowest BCUT2D eigenvalue weighted by Gasteiger charge is -2.34. The number of aliphatic hydroxyl groups excluding tert-OH is 1. The number of rotatable bonds is 7. The molecule has 4 atom stereocenters. The summed E-state index contributed by atoms with van der Waals surface area (Å²) in [6.07, 6.45) is 1.84. The van der Waals surface area contributed by atoms with Gasteiger partial charge in [0.2, 0.25) is 11.8 Å². The first kappa shape index (κ1) is 25.4. The van der Waals surface area contributed by atoms with Gasteiger partial charge in [0.25, 0.3) is 0 Å². The number of nitriles is 1. The number of alkyl halides is 1. The zero-order chi connectivity index (χ0) is 26.8. The molecule has 1 saturated carbocycles. The summed E-state index contributed by atoms with van der Waals surface area (Å²) in [6.45, 7) is 1.23. The van der Waals surface area contributed by atoms with Crippen molar-refractivity contribution >= 4 is 17.6 Å². The molecular weight excluding hydrogens is 493 g/mol. The second kappa shape index (κ2) is 10.6. The van der Waals surface area contributed by atoms with Crippen molar-refractivity contribution in [2.24, 2.45) is 5.92 Å². The number of hydrogen-bond donors (Lipinski definition) is 2. The summed E-state index contributed by atoms with van der Waals surface area (Å²) in [4.78, 5) is 34.0. The van der Waals surface area contributed by atoms with Crippen molar-refractivity contribution in [3.05, 3.63) is 59.9 Å². The van der Waals surface area contributed by atoms with Crippen molar-refractivity contribution in [2.75, 3.05) is 25.0 Å². The molecule has 0 unspecified atom stereocenters.